The summed E-state index contributed by atoms with van der Waals surface area (Å²) in [5.74, 6) is 0.410. The van der Waals surface area contributed by atoms with E-state index in [0.29, 0.717) is 23.0 Å². The average molecular weight is 568 g/mol. The topological polar surface area (TPSA) is 74.2 Å². The van der Waals surface area contributed by atoms with Crippen LogP contribution in [0.3, 0.4) is 0 Å². The molecule has 0 unspecified atom stereocenters. The second kappa shape index (κ2) is 8.84. The molecule has 10 heteroatoms. The summed E-state index contributed by atoms with van der Waals surface area (Å²) in [5.41, 5.74) is 2.25. The van der Waals surface area contributed by atoms with Crippen LogP contribution in [0, 0.1) is 0 Å². The van der Waals surface area contributed by atoms with Gasteiger partial charge >= 0.3 is 0 Å². The van der Waals surface area contributed by atoms with E-state index in [0.717, 1.165) is 20.1 Å². The largest absolute Gasteiger partial charge is 0.494 e. The number of hydrazone groups is 1. The number of hydrogen-bond acceptors (Lipinski definition) is 6. The zero-order chi connectivity index (χ0) is 22.3. The maximum Gasteiger partial charge on any atom is 0.255 e. The van der Waals surface area contributed by atoms with Crippen molar-refractivity contribution in [3.8, 4) is 5.75 Å². The summed E-state index contributed by atoms with van der Waals surface area (Å²) in [6, 6.07) is 10.6. The maximum absolute atomic E-state index is 13.2. The third-order valence-electron chi connectivity index (χ3n) is 5.22. The highest BCUT2D eigenvalue weighted by molar-refractivity contribution is 9.11. The lowest BCUT2D eigenvalue weighted by atomic mass is 9.95. The molecule has 0 aromatic heterocycles. The Balaban J connectivity index is 2.00. The molecule has 2 aliphatic rings. The highest BCUT2D eigenvalue weighted by Crippen LogP contribution is 2.48. The van der Waals surface area contributed by atoms with Crippen molar-refractivity contribution in [3.63, 3.8) is 0 Å². The normalized spacial score (nSPS) is 19.9. The van der Waals surface area contributed by atoms with Crippen LogP contribution in [-0.2, 0) is 9.59 Å². The summed E-state index contributed by atoms with van der Waals surface area (Å²) in [5, 5.41) is 9.80. The summed E-state index contributed by atoms with van der Waals surface area (Å²) in [4.78, 5) is 28.1. The molecule has 1 N–H and O–H groups in total. The first-order valence-corrected chi connectivity index (χ1v) is 12.4. The van der Waals surface area contributed by atoms with Gasteiger partial charge in [0, 0.05) is 12.0 Å². The summed E-state index contributed by atoms with van der Waals surface area (Å²) in [6.45, 7) is 1.83. The van der Waals surface area contributed by atoms with Crippen molar-refractivity contribution in [1.82, 2.24) is 10.3 Å². The molecule has 0 saturated heterocycles. The second-order valence-corrected chi connectivity index (χ2v) is 9.45. The lowest BCUT2D eigenvalue weighted by Gasteiger charge is -2.48. The number of methoxy groups -OCH3 is 1. The fraction of sp³-hybridized carbons (Fsp3) is 0.286. The van der Waals surface area contributed by atoms with Crippen molar-refractivity contribution < 1.29 is 14.3 Å². The number of amides is 2. The molecule has 2 aromatic rings. The number of carbonyl (C=O) groups excluding carboxylic acids is 2. The Bertz CT molecular complexity index is 1070. The van der Waals surface area contributed by atoms with E-state index in [-0.39, 0.29) is 11.8 Å². The fourth-order valence-electron chi connectivity index (χ4n) is 3.91. The van der Waals surface area contributed by atoms with E-state index in [4.69, 9.17) is 9.84 Å². The van der Waals surface area contributed by atoms with Crippen molar-refractivity contribution in [2.24, 2.45) is 5.10 Å². The van der Waals surface area contributed by atoms with Crippen LogP contribution in [0.1, 0.15) is 36.7 Å². The molecule has 2 aromatic carbocycles. The molecular weight excluding hydrogens is 548 g/mol. The Morgan fingerprint density at radius 1 is 1.26 bits per heavy atom. The van der Waals surface area contributed by atoms with Crippen LogP contribution >= 0.6 is 43.6 Å². The quantitative estimate of drug-likeness (QED) is 0.577. The molecule has 0 radical (unpaired) electrons. The van der Waals surface area contributed by atoms with E-state index in [1.807, 2.05) is 49.6 Å². The number of rotatable bonds is 3. The molecule has 2 amide bonds. The van der Waals surface area contributed by atoms with Crippen LogP contribution < -0.4 is 15.0 Å². The maximum atomic E-state index is 13.2. The standard InChI is InChI=1S/C21H20Br2N4O3S/c1-4-16(28)26-15-8-6-5-7-12(15)17-19(29)24-21(31-3)25-27(17)20(26)11-9-13(22)18(30-2)14(23)10-11/h5-10,17,20H,4H2,1-3H3,(H,24,25,29)/t17-,20-/m1/s1. The molecule has 2 atom stereocenters. The van der Waals surface area contributed by atoms with Gasteiger partial charge in [-0.05, 0) is 61.9 Å². The minimum absolute atomic E-state index is 0.0640. The van der Waals surface area contributed by atoms with Gasteiger partial charge in [-0.2, -0.15) is 0 Å². The SMILES string of the molecule is CCC(=O)N1c2ccccc2[C@@H]2C(=O)NC(SC)=NN2[C@@H]1c1cc(Br)c(OC)c(Br)c1. The van der Waals surface area contributed by atoms with Crippen molar-refractivity contribution in [3.05, 3.63) is 56.5 Å². The van der Waals surface area contributed by atoms with Crippen molar-refractivity contribution in [1.29, 1.82) is 0 Å². The lowest BCUT2D eigenvalue weighted by Crippen LogP contribution is -2.55. The van der Waals surface area contributed by atoms with Gasteiger partial charge in [-0.25, -0.2) is 0 Å². The van der Waals surface area contributed by atoms with Crippen molar-refractivity contribution in [2.75, 3.05) is 18.3 Å². The van der Waals surface area contributed by atoms with Crippen LogP contribution in [0.15, 0.2) is 50.4 Å². The number of benzene rings is 2. The number of hydrogen-bond donors (Lipinski definition) is 1. The number of para-hydroxylation sites is 1. The molecule has 7 nitrogen and oxygen atoms in total. The van der Waals surface area contributed by atoms with Gasteiger partial charge in [-0.3, -0.25) is 19.5 Å². The van der Waals surface area contributed by atoms with E-state index in [1.165, 1.54) is 11.8 Å². The Labute approximate surface area is 201 Å². The Morgan fingerprint density at radius 3 is 2.55 bits per heavy atom. The summed E-state index contributed by atoms with van der Waals surface area (Å²) >= 11 is 8.47. The number of ether oxygens (including phenoxy) is 1. The summed E-state index contributed by atoms with van der Waals surface area (Å²) < 4.78 is 6.91. The number of anilines is 1. The third kappa shape index (κ3) is 3.74. The van der Waals surface area contributed by atoms with E-state index < -0.39 is 12.2 Å². The highest BCUT2D eigenvalue weighted by Gasteiger charge is 2.47. The molecule has 31 heavy (non-hydrogen) atoms. The highest BCUT2D eigenvalue weighted by atomic mass is 79.9. The van der Waals surface area contributed by atoms with Crippen LogP contribution in [0.2, 0.25) is 0 Å². The number of halogens is 2. The van der Waals surface area contributed by atoms with Gasteiger partial charge in [0.1, 0.15) is 5.75 Å². The molecule has 4 rings (SSSR count). The molecule has 0 bridgehead atoms. The van der Waals surface area contributed by atoms with Gasteiger partial charge in [-0.15, -0.1) is 5.10 Å². The predicted molar refractivity (Wildman–Crippen MR) is 129 cm³/mol. The Hall–Kier alpha value is -2.04. The minimum Gasteiger partial charge on any atom is -0.494 e. The molecule has 0 aliphatic carbocycles. The van der Waals surface area contributed by atoms with Gasteiger partial charge in [0.25, 0.3) is 5.91 Å². The van der Waals surface area contributed by atoms with E-state index in [1.54, 1.807) is 17.0 Å². The first kappa shape index (κ1) is 22.2. The van der Waals surface area contributed by atoms with Crippen LogP contribution in [0.5, 0.6) is 5.75 Å². The zero-order valence-electron chi connectivity index (χ0n) is 17.1. The smallest absolute Gasteiger partial charge is 0.255 e. The first-order valence-electron chi connectivity index (χ1n) is 9.57. The summed E-state index contributed by atoms with van der Waals surface area (Å²) in [6.07, 6.45) is 1.55. The zero-order valence-corrected chi connectivity index (χ0v) is 21.0. The van der Waals surface area contributed by atoms with Crippen molar-refractivity contribution in [2.45, 2.75) is 25.6 Å². The molecule has 0 fully saturated rings. The predicted octanol–water partition coefficient (Wildman–Crippen LogP) is 4.78. The monoisotopic (exact) mass is 566 g/mol. The second-order valence-electron chi connectivity index (χ2n) is 6.95. The molecule has 0 saturated carbocycles. The van der Waals surface area contributed by atoms with Gasteiger partial charge in [-0.1, -0.05) is 36.9 Å². The molecule has 0 spiro atoms. The number of carbonyl (C=O) groups is 2. The van der Waals surface area contributed by atoms with E-state index in [9.17, 15) is 9.59 Å². The van der Waals surface area contributed by atoms with Gasteiger partial charge < -0.3 is 10.1 Å². The molecule has 162 valence electrons. The number of fused-ring (bicyclic) bond motifs is 3. The molecular formula is C21H20Br2N4O3S. The molecule has 2 heterocycles. The van der Waals surface area contributed by atoms with Crippen LogP contribution in [-0.4, -0.2) is 35.4 Å². The number of nitrogens with zero attached hydrogens (tertiary/aromatic N) is 3. The average Bonchev–Trinajstić information content (AvgIpc) is 2.76. The van der Waals surface area contributed by atoms with Gasteiger partial charge in [0.15, 0.2) is 17.4 Å². The Morgan fingerprint density at radius 2 is 1.94 bits per heavy atom. The molecule has 2 aliphatic heterocycles. The third-order valence-corrected chi connectivity index (χ3v) is 6.97. The Kier molecular flexibility index (Phi) is 6.32. The van der Waals surface area contributed by atoms with Gasteiger partial charge in [0.05, 0.1) is 21.7 Å². The van der Waals surface area contributed by atoms with Gasteiger partial charge in [0.2, 0.25) is 5.91 Å². The van der Waals surface area contributed by atoms with Crippen LogP contribution in [0.4, 0.5) is 5.69 Å². The number of nitrogens with one attached hydrogen (secondary N) is 1. The van der Waals surface area contributed by atoms with E-state index in [2.05, 4.69) is 37.2 Å². The minimum atomic E-state index is -0.655. The first-order chi connectivity index (χ1) is 14.9. The lowest BCUT2D eigenvalue weighted by molar-refractivity contribution is -0.130. The van der Waals surface area contributed by atoms with Crippen LogP contribution in [0.25, 0.3) is 0 Å². The number of thioether (sulfide) groups is 1. The van der Waals surface area contributed by atoms with Crippen molar-refractivity contribution >= 4 is 66.3 Å². The van der Waals surface area contributed by atoms with E-state index >= 15 is 0 Å². The summed E-state index contributed by atoms with van der Waals surface area (Å²) in [7, 11) is 1.59. The fourth-order valence-corrected chi connectivity index (χ4v) is 5.83. The number of amidine groups is 1.